The highest BCUT2D eigenvalue weighted by atomic mass is 16.2. The highest BCUT2D eigenvalue weighted by Gasteiger charge is 2.46. The van der Waals surface area contributed by atoms with Gasteiger partial charge in [0.2, 0.25) is 17.7 Å². The van der Waals surface area contributed by atoms with Gasteiger partial charge in [0, 0.05) is 0 Å². The first kappa shape index (κ1) is 11.1. The lowest BCUT2D eigenvalue weighted by Crippen LogP contribution is -2.66. The van der Waals surface area contributed by atoms with Crippen LogP contribution in [0.1, 0.15) is 26.2 Å². The van der Waals surface area contributed by atoms with Crippen molar-refractivity contribution in [3.05, 3.63) is 0 Å². The second-order valence-electron chi connectivity index (χ2n) is 4.53. The highest BCUT2D eigenvalue weighted by Crippen LogP contribution is 2.31. The molecule has 0 aromatic carbocycles. The SMILES string of the molecule is CC1C(=O)NC(=O)CN1C(=O)C1(N)CCC1. The maximum atomic E-state index is 12.1. The molecule has 6 heteroatoms. The summed E-state index contributed by atoms with van der Waals surface area (Å²) in [4.78, 5) is 35.9. The van der Waals surface area contributed by atoms with Crippen LogP contribution < -0.4 is 11.1 Å². The molecule has 2 rings (SSSR count). The summed E-state index contributed by atoms with van der Waals surface area (Å²) in [6, 6.07) is -0.619. The van der Waals surface area contributed by atoms with Crippen LogP contribution in [-0.4, -0.2) is 40.7 Å². The zero-order valence-corrected chi connectivity index (χ0v) is 9.16. The fraction of sp³-hybridized carbons (Fsp3) is 0.700. The van der Waals surface area contributed by atoms with Gasteiger partial charge in [0.15, 0.2) is 0 Å². The van der Waals surface area contributed by atoms with Gasteiger partial charge < -0.3 is 10.6 Å². The highest BCUT2D eigenvalue weighted by molar-refractivity contribution is 6.05. The predicted octanol–water partition coefficient (Wildman–Crippen LogP) is -1.26. The van der Waals surface area contributed by atoms with Crippen molar-refractivity contribution in [2.75, 3.05) is 6.54 Å². The van der Waals surface area contributed by atoms with E-state index in [1.807, 2.05) is 0 Å². The molecule has 0 spiro atoms. The van der Waals surface area contributed by atoms with Crippen LogP contribution in [-0.2, 0) is 14.4 Å². The van der Waals surface area contributed by atoms with Crippen LogP contribution in [0.15, 0.2) is 0 Å². The predicted molar refractivity (Wildman–Crippen MR) is 55.1 cm³/mol. The zero-order valence-electron chi connectivity index (χ0n) is 9.16. The fourth-order valence-electron chi connectivity index (χ4n) is 2.02. The van der Waals surface area contributed by atoms with Crippen molar-refractivity contribution in [3.8, 4) is 0 Å². The molecular formula is C10H15N3O3. The summed E-state index contributed by atoms with van der Waals surface area (Å²) >= 11 is 0. The number of nitrogens with one attached hydrogen (secondary N) is 1. The van der Waals surface area contributed by atoms with Gasteiger partial charge in [-0.15, -0.1) is 0 Å². The van der Waals surface area contributed by atoms with Crippen LogP contribution in [0.2, 0.25) is 0 Å². The van der Waals surface area contributed by atoms with Gasteiger partial charge in [-0.3, -0.25) is 19.7 Å². The molecule has 2 aliphatic rings. The van der Waals surface area contributed by atoms with Gasteiger partial charge in [0.05, 0.1) is 5.54 Å². The van der Waals surface area contributed by atoms with Gasteiger partial charge in [0.1, 0.15) is 12.6 Å². The second-order valence-corrected chi connectivity index (χ2v) is 4.53. The Bertz CT molecular complexity index is 362. The van der Waals surface area contributed by atoms with Crippen LogP contribution in [0.4, 0.5) is 0 Å². The molecule has 16 heavy (non-hydrogen) atoms. The number of nitrogens with two attached hydrogens (primary N) is 1. The van der Waals surface area contributed by atoms with Gasteiger partial charge >= 0.3 is 0 Å². The van der Waals surface area contributed by atoms with E-state index < -0.39 is 23.4 Å². The molecule has 1 atom stereocenters. The number of nitrogens with zero attached hydrogens (tertiary/aromatic N) is 1. The Morgan fingerprint density at radius 3 is 2.62 bits per heavy atom. The molecule has 2 fully saturated rings. The number of amides is 3. The van der Waals surface area contributed by atoms with E-state index in [0.717, 1.165) is 6.42 Å². The minimum Gasteiger partial charge on any atom is -0.320 e. The summed E-state index contributed by atoms with van der Waals surface area (Å²) in [7, 11) is 0. The summed E-state index contributed by atoms with van der Waals surface area (Å²) < 4.78 is 0. The number of piperazine rings is 1. The van der Waals surface area contributed by atoms with Gasteiger partial charge in [-0.25, -0.2) is 0 Å². The number of hydrogen-bond acceptors (Lipinski definition) is 4. The van der Waals surface area contributed by atoms with Crippen LogP contribution in [0.25, 0.3) is 0 Å². The van der Waals surface area contributed by atoms with Crippen molar-refractivity contribution < 1.29 is 14.4 Å². The average Bonchev–Trinajstić information content (AvgIpc) is 2.19. The molecule has 1 saturated carbocycles. The number of carbonyl (C=O) groups excluding carboxylic acids is 3. The number of imide groups is 1. The molecule has 0 bridgehead atoms. The molecule has 0 aromatic heterocycles. The van der Waals surface area contributed by atoms with Gasteiger partial charge in [-0.1, -0.05) is 0 Å². The first-order chi connectivity index (χ1) is 7.44. The summed E-state index contributed by atoms with van der Waals surface area (Å²) in [6.45, 7) is 1.52. The smallest absolute Gasteiger partial charge is 0.249 e. The molecule has 0 radical (unpaired) electrons. The summed E-state index contributed by atoms with van der Waals surface area (Å²) in [5.74, 6) is -1.17. The summed E-state index contributed by atoms with van der Waals surface area (Å²) in [5.41, 5.74) is 5.04. The Morgan fingerprint density at radius 2 is 2.12 bits per heavy atom. The third-order valence-corrected chi connectivity index (χ3v) is 3.36. The third kappa shape index (κ3) is 1.59. The Kier molecular flexibility index (Phi) is 2.46. The number of rotatable bonds is 1. The maximum absolute atomic E-state index is 12.1. The number of hydrogen-bond donors (Lipinski definition) is 2. The van der Waals surface area contributed by atoms with E-state index in [9.17, 15) is 14.4 Å². The lowest BCUT2D eigenvalue weighted by Gasteiger charge is -2.43. The van der Waals surface area contributed by atoms with E-state index in [2.05, 4.69) is 5.32 Å². The monoisotopic (exact) mass is 225 g/mol. The Labute approximate surface area is 93.1 Å². The molecule has 88 valence electrons. The van der Waals surface area contributed by atoms with E-state index >= 15 is 0 Å². The molecule has 0 aromatic rings. The normalized spacial score (nSPS) is 28.4. The molecule has 1 aliphatic carbocycles. The third-order valence-electron chi connectivity index (χ3n) is 3.36. The van der Waals surface area contributed by atoms with Crippen molar-refractivity contribution in [3.63, 3.8) is 0 Å². The van der Waals surface area contributed by atoms with Crippen LogP contribution in [0.5, 0.6) is 0 Å². The lowest BCUT2D eigenvalue weighted by atomic mass is 9.76. The van der Waals surface area contributed by atoms with Crippen molar-refractivity contribution in [1.82, 2.24) is 10.2 Å². The topological polar surface area (TPSA) is 92.5 Å². The van der Waals surface area contributed by atoms with E-state index in [1.54, 1.807) is 6.92 Å². The second kappa shape index (κ2) is 3.55. The number of carbonyl (C=O) groups is 3. The maximum Gasteiger partial charge on any atom is 0.249 e. The molecule has 1 unspecified atom stereocenters. The van der Waals surface area contributed by atoms with E-state index in [0.29, 0.717) is 12.8 Å². The van der Waals surface area contributed by atoms with E-state index in [-0.39, 0.29) is 12.5 Å². The molecule has 1 saturated heterocycles. The van der Waals surface area contributed by atoms with Gasteiger partial charge in [0.25, 0.3) is 0 Å². The first-order valence-corrected chi connectivity index (χ1v) is 5.38. The quantitative estimate of drug-likeness (QED) is 0.545. The minimum atomic E-state index is -0.855. The zero-order chi connectivity index (χ0) is 11.9. The molecule has 1 aliphatic heterocycles. The minimum absolute atomic E-state index is 0.0787. The van der Waals surface area contributed by atoms with Crippen LogP contribution >= 0.6 is 0 Å². The Balaban J connectivity index is 2.15. The molecular weight excluding hydrogens is 210 g/mol. The molecule has 3 N–H and O–H groups in total. The first-order valence-electron chi connectivity index (χ1n) is 5.38. The molecule has 3 amide bonds. The lowest BCUT2D eigenvalue weighted by molar-refractivity contribution is -0.154. The van der Waals surface area contributed by atoms with Crippen molar-refractivity contribution >= 4 is 17.7 Å². The molecule has 6 nitrogen and oxygen atoms in total. The van der Waals surface area contributed by atoms with Crippen LogP contribution in [0.3, 0.4) is 0 Å². The van der Waals surface area contributed by atoms with Crippen LogP contribution in [0, 0.1) is 0 Å². The molecule has 1 heterocycles. The summed E-state index contributed by atoms with van der Waals surface area (Å²) in [5, 5.41) is 2.19. The fourth-order valence-corrected chi connectivity index (χ4v) is 2.02. The standard InChI is InChI=1S/C10H15N3O3/c1-6-8(15)12-7(14)5-13(6)9(16)10(11)3-2-4-10/h6H,2-5,11H2,1H3,(H,12,14,15). The largest absolute Gasteiger partial charge is 0.320 e. The van der Waals surface area contributed by atoms with E-state index in [4.69, 9.17) is 5.73 Å². The van der Waals surface area contributed by atoms with E-state index in [1.165, 1.54) is 4.90 Å². The van der Waals surface area contributed by atoms with Gasteiger partial charge in [-0.05, 0) is 26.2 Å². The summed E-state index contributed by atoms with van der Waals surface area (Å²) in [6.07, 6.45) is 2.18. The van der Waals surface area contributed by atoms with Crippen molar-refractivity contribution in [2.24, 2.45) is 5.73 Å². The Morgan fingerprint density at radius 1 is 1.50 bits per heavy atom. The average molecular weight is 225 g/mol. The van der Waals surface area contributed by atoms with Crippen molar-refractivity contribution in [2.45, 2.75) is 37.8 Å². The van der Waals surface area contributed by atoms with Gasteiger partial charge in [-0.2, -0.15) is 0 Å². The Hall–Kier alpha value is -1.43. The van der Waals surface area contributed by atoms with Crippen molar-refractivity contribution in [1.29, 1.82) is 0 Å².